The van der Waals surface area contributed by atoms with Crippen molar-refractivity contribution in [1.82, 2.24) is 20.4 Å². The average Bonchev–Trinajstić information content (AvgIpc) is 2.85. The van der Waals surface area contributed by atoms with Gasteiger partial charge in [-0.25, -0.2) is 4.99 Å². The van der Waals surface area contributed by atoms with E-state index in [9.17, 15) is 4.79 Å². The van der Waals surface area contributed by atoms with Crippen LogP contribution >= 0.6 is 0 Å². The summed E-state index contributed by atoms with van der Waals surface area (Å²) in [7, 11) is 3.52. The summed E-state index contributed by atoms with van der Waals surface area (Å²) in [6, 6.07) is 0.938. The summed E-state index contributed by atoms with van der Waals surface area (Å²) < 4.78 is 0. The van der Waals surface area contributed by atoms with Gasteiger partial charge >= 0.3 is 0 Å². The van der Waals surface area contributed by atoms with Gasteiger partial charge in [0.2, 0.25) is 5.91 Å². The quantitative estimate of drug-likeness (QED) is 0.419. The second kappa shape index (κ2) is 9.75. The zero-order chi connectivity index (χ0) is 17.4. The first-order valence-electron chi connectivity index (χ1n) is 8.84. The molecule has 134 valence electrons. The fourth-order valence-corrected chi connectivity index (χ4v) is 2.61. The van der Waals surface area contributed by atoms with Crippen LogP contribution in [0, 0.1) is 5.92 Å². The zero-order valence-corrected chi connectivity index (χ0v) is 15.7. The second-order valence-corrected chi connectivity index (χ2v) is 7.01. The van der Waals surface area contributed by atoms with Crippen molar-refractivity contribution in [3.8, 4) is 0 Å². The third-order valence-corrected chi connectivity index (χ3v) is 4.39. The van der Waals surface area contributed by atoms with Gasteiger partial charge in [0.05, 0.1) is 0 Å². The number of unbranched alkanes of at least 4 members (excludes halogenated alkanes) is 1. The largest absolute Gasteiger partial charge is 0.356 e. The Morgan fingerprint density at radius 1 is 1.35 bits per heavy atom. The minimum absolute atomic E-state index is 0.0184. The van der Waals surface area contributed by atoms with Crippen LogP contribution in [0.1, 0.15) is 40.5 Å². The van der Waals surface area contributed by atoms with Crippen molar-refractivity contribution in [1.29, 1.82) is 0 Å². The van der Waals surface area contributed by atoms with Gasteiger partial charge in [0.25, 0.3) is 0 Å². The van der Waals surface area contributed by atoms with Crippen LogP contribution in [0.2, 0.25) is 0 Å². The van der Waals surface area contributed by atoms with E-state index in [-0.39, 0.29) is 12.5 Å². The van der Waals surface area contributed by atoms with E-state index < -0.39 is 0 Å². The van der Waals surface area contributed by atoms with Crippen molar-refractivity contribution in [3.05, 3.63) is 0 Å². The fraction of sp³-hybridized carbons (Fsp3) is 0.882. The predicted octanol–water partition coefficient (Wildman–Crippen LogP) is 1.14. The van der Waals surface area contributed by atoms with Crippen molar-refractivity contribution in [2.24, 2.45) is 10.9 Å². The lowest BCUT2D eigenvalue weighted by Crippen LogP contribution is -2.47. The van der Waals surface area contributed by atoms with Crippen LogP contribution in [-0.2, 0) is 4.79 Å². The summed E-state index contributed by atoms with van der Waals surface area (Å²) >= 11 is 0. The number of likely N-dealkylation sites (N-methyl/N-ethyl adjacent to an activating group) is 1. The number of likely N-dealkylation sites (tertiary alicyclic amines) is 1. The molecule has 23 heavy (non-hydrogen) atoms. The maximum absolute atomic E-state index is 11.8. The van der Waals surface area contributed by atoms with E-state index in [1.807, 2.05) is 0 Å². The van der Waals surface area contributed by atoms with Gasteiger partial charge in [-0.05, 0) is 26.2 Å². The first-order valence-corrected chi connectivity index (χ1v) is 8.84. The second-order valence-electron chi connectivity index (χ2n) is 7.01. The number of hydrogen-bond donors (Lipinski definition) is 2. The number of rotatable bonds is 7. The molecule has 1 fully saturated rings. The molecule has 1 heterocycles. The van der Waals surface area contributed by atoms with E-state index in [0.29, 0.717) is 18.0 Å². The molecule has 0 radical (unpaired) electrons. The van der Waals surface area contributed by atoms with Gasteiger partial charge in [0, 0.05) is 45.8 Å². The lowest BCUT2D eigenvalue weighted by atomic mass is 10.1. The molecule has 6 heteroatoms. The molecule has 1 saturated heterocycles. The number of aliphatic imine (C=N–C) groups is 1. The Labute approximate surface area is 141 Å². The van der Waals surface area contributed by atoms with Gasteiger partial charge in [0.1, 0.15) is 6.54 Å². The van der Waals surface area contributed by atoms with Gasteiger partial charge in [-0.2, -0.15) is 0 Å². The standard InChI is InChI=1S/C17H35N5O/c1-7-8-9-18-17(19-10-16(23)21(5)6)20-15-12-22(13(2)3)11-14(15)4/h13-15H,7-12H2,1-6H3,(H2,18,19,20). The zero-order valence-electron chi connectivity index (χ0n) is 15.7. The van der Waals surface area contributed by atoms with E-state index in [1.54, 1.807) is 19.0 Å². The molecule has 2 unspecified atom stereocenters. The lowest BCUT2D eigenvalue weighted by molar-refractivity contribution is -0.127. The van der Waals surface area contributed by atoms with Gasteiger partial charge in [0.15, 0.2) is 5.96 Å². The number of nitrogens with one attached hydrogen (secondary N) is 2. The molecule has 0 saturated carbocycles. The van der Waals surface area contributed by atoms with Gasteiger partial charge < -0.3 is 15.5 Å². The molecular weight excluding hydrogens is 290 g/mol. The van der Waals surface area contributed by atoms with Crippen LogP contribution in [0.25, 0.3) is 0 Å². The van der Waals surface area contributed by atoms with Crippen molar-refractivity contribution in [2.75, 3.05) is 40.3 Å². The monoisotopic (exact) mass is 325 g/mol. The SMILES string of the molecule is CCCCNC(=NCC(=O)N(C)C)NC1CN(C(C)C)CC1C. The van der Waals surface area contributed by atoms with Crippen molar-refractivity contribution in [2.45, 2.75) is 52.6 Å². The van der Waals surface area contributed by atoms with Gasteiger partial charge in [-0.15, -0.1) is 0 Å². The number of hydrogen-bond acceptors (Lipinski definition) is 3. The number of nitrogens with zero attached hydrogens (tertiary/aromatic N) is 3. The minimum Gasteiger partial charge on any atom is -0.356 e. The molecule has 0 bridgehead atoms. The topological polar surface area (TPSA) is 60.0 Å². The third kappa shape index (κ3) is 6.77. The molecule has 1 aliphatic rings. The predicted molar refractivity (Wildman–Crippen MR) is 96.7 cm³/mol. The molecule has 1 amide bonds. The molecule has 1 rings (SSSR count). The van der Waals surface area contributed by atoms with Crippen LogP contribution in [0.15, 0.2) is 4.99 Å². The third-order valence-electron chi connectivity index (χ3n) is 4.39. The first kappa shape index (κ1) is 19.7. The fourth-order valence-electron chi connectivity index (χ4n) is 2.61. The summed E-state index contributed by atoms with van der Waals surface area (Å²) in [5.74, 6) is 1.35. The number of amides is 1. The summed E-state index contributed by atoms with van der Waals surface area (Å²) in [6.07, 6.45) is 2.23. The molecule has 0 spiro atoms. The normalized spacial score (nSPS) is 22.5. The average molecular weight is 326 g/mol. The van der Waals surface area contributed by atoms with Crippen molar-refractivity contribution < 1.29 is 4.79 Å². The minimum atomic E-state index is 0.0184. The van der Waals surface area contributed by atoms with Gasteiger partial charge in [-0.1, -0.05) is 20.3 Å². The molecule has 0 aromatic rings. The highest BCUT2D eigenvalue weighted by Crippen LogP contribution is 2.18. The lowest BCUT2D eigenvalue weighted by Gasteiger charge is -2.22. The molecule has 2 atom stereocenters. The molecule has 0 aromatic carbocycles. The highest BCUT2D eigenvalue weighted by molar-refractivity contribution is 5.85. The number of guanidine groups is 1. The summed E-state index contributed by atoms with van der Waals surface area (Å²) in [4.78, 5) is 20.3. The van der Waals surface area contributed by atoms with Gasteiger partial charge in [-0.3, -0.25) is 9.69 Å². The first-order chi connectivity index (χ1) is 10.8. The van der Waals surface area contributed by atoms with E-state index in [1.165, 1.54) is 0 Å². The number of carbonyl (C=O) groups is 1. The maximum Gasteiger partial charge on any atom is 0.243 e. The van der Waals surface area contributed by atoms with Crippen LogP contribution < -0.4 is 10.6 Å². The van der Waals surface area contributed by atoms with Crippen LogP contribution in [-0.4, -0.2) is 74.0 Å². The molecule has 2 N–H and O–H groups in total. The van der Waals surface area contributed by atoms with Crippen molar-refractivity contribution in [3.63, 3.8) is 0 Å². The Morgan fingerprint density at radius 2 is 2.04 bits per heavy atom. The van der Waals surface area contributed by atoms with E-state index >= 15 is 0 Å². The van der Waals surface area contributed by atoms with E-state index in [4.69, 9.17) is 0 Å². The molecule has 0 aliphatic carbocycles. The van der Waals surface area contributed by atoms with Crippen molar-refractivity contribution >= 4 is 11.9 Å². The molecule has 1 aliphatic heterocycles. The van der Waals surface area contributed by atoms with Crippen LogP contribution in [0.3, 0.4) is 0 Å². The summed E-state index contributed by atoms with van der Waals surface area (Å²) in [5.41, 5.74) is 0. The Hall–Kier alpha value is -1.30. The molecule has 0 aromatic heterocycles. The summed E-state index contributed by atoms with van der Waals surface area (Å²) in [6.45, 7) is 12.1. The van der Waals surface area contributed by atoms with E-state index in [2.05, 4.69) is 48.2 Å². The molecule has 6 nitrogen and oxygen atoms in total. The Kier molecular flexibility index (Phi) is 8.37. The highest BCUT2D eigenvalue weighted by Gasteiger charge is 2.31. The number of carbonyl (C=O) groups excluding carboxylic acids is 1. The Bertz CT molecular complexity index is 394. The Morgan fingerprint density at radius 3 is 2.57 bits per heavy atom. The smallest absolute Gasteiger partial charge is 0.243 e. The maximum atomic E-state index is 11.8. The van der Waals surface area contributed by atoms with E-state index in [0.717, 1.165) is 38.4 Å². The summed E-state index contributed by atoms with van der Waals surface area (Å²) in [5, 5.41) is 6.89. The Balaban J connectivity index is 2.64. The molecular formula is C17H35N5O. The highest BCUT2D eigenvalue weighted by atomic mass is 16.2. The van der Waals surface area contributed by atoms with Crippen LogP contribution in [0.5, 0.6) is 0 Å². The van der Waals surface area contributed by atoms with Crippen LogP contribution in [0.4, 0.5) is 0 Å².